The topological polar surface area (TPSA) is 44.7 Å². The molecular weight excluding hydrogens is 307 g/mol. The summed E-state index contributed by atoms with van der Waals surface area (Å²) in [5.74, 6) is -1.01. The maximum Gasteiger partial charge on any atom is 0.471 e. The van der Waals surface area contributed by atoms with E-state index in [0.29, 0.717) is 12.5 Å². The minimum absolute atomic E-state index is 0.0920. The van der Waals surface area contributed by atoms with Gasteiger partial charge in [0.05, 0.1) is 12.1 Å². The molecule has 23 heavy (non-hydrogen) atoms. The Kier molecular flexibility index (Phi) is 4.56. The number of rotatable bonds is 2. The van der Waals surface area contributed by atoms with Gasteiger partial charge in [-0.2, -0.15) is 13.2 Å². The van der Waals surface area contributed by atoms with Crippen LogP contribution in [0.3, 0.4) is 0 Å². The molecule has 0 spiro atoms. The molecule has 130 valence electrons. The van der Waals surface area contributed by atoms with Crippen molar-refractivity contribution in [3.05, 3.63) is 0 Å². The molecule has 3 rings (SSSR count). The molecule has 1 amide bonds. The fourth-order valence-electron chi connectivity index (χ4n) is 4.35. The first-order valence-corrected chi connectivity index (χ1v) is 8.56. The first kappa shape index (κ1) is 16.6. The number of hydrogen-bond acceptors (Lipinski definition) is 3. The molecule has 3 aliphatic rings. The van der Waals surface area contributed by atoms with Gasteiger partial charge in [0.2, 0.25) is 0 Å². The normalized spacial score (nSPS) is 34.8. The summed E-state index contributed by atoms with van der Waals surface area (Å²) >= 11 is 0. The molecule has 0 aromatic heterocycles. The third-order valence-electron chi connectivity index (χ3n) is 5.52. The van der Waals surface area contributed by atoms with Crippen LogP contribution < -0.4 is 5.32 Å². The first-order valence-electron chi connectivity index (χ1n) is 8.56. The largest absolute Gasteiger partial charge is 0.471 e. The van der Waals surface area contributed by atoms with Crippen molar-refractivity contribution in [1.82, 2.24) is 10.2 Å². The number of amides is 1. The second kappa shape index (κ2) is 6.32. The molecule has 4 unspecified atom stereocenters. The number of likely N-dealkylation sites (N-methyl/N-ethyl adjacent to an activating group) is 1. The Labute approximate surface area is 134 Å². The van der Waals surface area contributed by atoms with Gasteiger partial charge in [-0.05, 0) is 25.7 Å². The average Bonchev–Trinajstić information content (AvgIpc) is 2.84. The lowest BCUT2D eigenvalue weighted by molar-refractivity contribution is -0.174. The van der Waals surface area contributed by atoms with Crippen molar-refractivity contribution in [3.63, 3.8) is 0 Å². The number of nitrogens with zero attached hydrogens (tertiary/aromatic N) is 2. The summed E-state index contributed by atoms with van der Waals surface area (Å²) in [6.07, 6.45) is 2.91. The van der Waals surface area contributed by atoms with E-state index in [9.17, 15) is 18.0 Å². The minimum atomic E-state index is -4.82. The fraction of sp³-hybridized carbons (Fsp3) is 0.875. The molecule has 2 saturated carbocycles. The average molecular weight is 331 g/mol. The van der Waals surface area contributed by atoms with Gasteiger partial charge in [-0.15, -0.1) is 0 Å². The van der Waals surface area contributed by atoms with Crippen LogP contribution in [0.1, 0.15) is 51.4 Å². The number of nitrogens with one attached hydrogen (secondary N) is 1. The molecule has 7 heteroatoms. The molecule has 1 heterocycles. The maximum atomic E-state index is 12.6. The summed E-state index contributed by atoms with van der Waals surface area (Å²) in [6.45, 7) is 0. The van der Waals surface area contributed by atoms with Gasteiger partial charge in [0, 0.05) is 19.0 Å². The summed E-state index contributed by atoms with van der Waals surface area (Å²) < 4.78 is 37.7. The summed E-state index contributed by atoms with van der Waals surface area (Å²) in [6, 6.07) is 0.212. The summed E-state index contributed by atoms with van der Waals surface area (Å²) in [5.41, 5.74) is 0. The predicted octanol–water partition coefficient (Wildman–Crippen LogP) is 2.88. The van der Waals surface area contributed by atoms with Crippen LogP contribution in [0.2, 0.25) is 0 Å². The number of amidine groups is 1. The first-order chi connectivity index (χ1) is 10.9. The lowest BCUT2D eigenvalue weighted by Crippen LogP contribution is -2.52. The zero-order chi connectivity index (χ0) is 16.6. The van der Waals surface area contributed by atoms with E-state index < -0.39 is 18.1 Å². The van der Waals surface area contributed by atoms with E-state index in [-0.39, 0.29) is 12.0 Å². The third-order valence-corrected chi connectivity index (χ3v) is 5.52. The highest BCUT2D eigenvalue weighted by molar-refractivity contribution is 5.89. The number of carbonyl (C=O) groups excluding carboxylic acids is 1. The maximum absolute atomic E-state index is 12.6. The van der Waals surface area contributed by atoms with E-state index in [1.807, 2.05) is 7.05 Å². The highest BCUT2D eigenvalue weighted by atomic mass is 19.4. The van der Waals surface area contributed by atoms with Gasteiger partial charge in [-0.25, -0.2) is 0 Å². The molecule has 2 fully saturated rings. The van der Waals surface area contributed by atoms with Crippen molar-refractivity contribution in [3.8, 4) is 0 Å². The second-order valence-electron chi connectivity index (χ2n) is 6.99. The monoisotopic (exact) mass is 331 g/mol. The Balaban J connectivity index is 1.75. The van der Waals surface area contributed by atoms with Gasteiger partial charge in [0.15, 0.2) is 0 Å². The van der Waals surface area contributed by atoms with Crippen LogP contribution in [0.5, 0.6) is 0 Å². The molecule has 0 aromatic rings. The van der Waals surface area contributed by atoms with Gasteiger partial charge in [0.25, 0.3) is 0 Å². The number of fused-ring (bicyclic) bond motifs is 1. The Morgan fingerprint density at radius 3 is 2.48 bits per heavy atom. The van der Waals surface area contributed by atoms with Crippen molar-refractivity contribution in [1.29, 1.82) is 0 Å². The highest BCUT2D eigenvalue weighted by Gasteiger charge is 2.44. The number of hydrogen-bond donors (Lipinski definition) is 1. The van der Waals surface area contributed by atoms with Crippen LogP contribution in [-0.4, -0.2) is 48.0 Å². The van der Waals surface area contributed by atoms with Gasteiger partial charge >= 0.3 is 12.1 Å². The van der Waals surface area contributed by atoms with Crippen molar-refractivity contribution in [2.24, 2.45) is 10.9 Å². The van der Waals surface area contributed by atoms with E-state index >= 15 is 0 Å². The van der Waals surface area contributed by atoms with Crippen LogP contribution in [0, 0.1) is 5.92 Å². The van der Waals surface area contributed by atoms with Crippen LogP contribution >= 0.6 is 0 Å². The van der Waals surface area contributed by atoms with Crippen molar-refractivity contribution < 1.29 is 18.0 Å². The van der Waals surface area contributed by atoms with E-state index in [2.05, 4.69) is 10.2 Å². The molecule has 1 aliphatic heterocycles. The van der Waals surface area contributed by atoms with E-state index in [4.69, 9.17) is 4.99 Å². The summed E-state index contributed by atoms with van der Waals surface area (Å²) in [7, 11) is 2.01. The SMILES string of the molecule is CN1C(C2CCCCC2NC(=O)C(F)(F)F)=NC2CCCCC21. The van der Waals surface area contributed by atoms with Gasteiger partial charge in [0.1, 0.15) is 5.84 Å². The van der Waals surface area contributed by atoms with E-state index in [1.165, 1.54) is 12.8 Å². The van der Waals surface area contributed by atoms with Crippen LogP contribution in [-0.2, 0) is 4.79 Å². The minimum Gasteiger partial charge on any atom is -0.358 e. The zero-order valence-corrected chi connectivity index (χ0v) is 13.4. The Morgan fingerprint density at radius 2 is 1.78 bits per heavy atom. The fourth-order valence-corrected chi connectivity index (χ4v) is 4.35. The lowest BCUT2D eigenvalue weighted by Gasteiger charge is -2.37. The molecule has 0 saturated heterocycles. The molecule has 4 atom stereocenters. The number of halogens is 3. The van der Waals surface area contributed by atoms with Gasteiger partial charge in [-0.3, -0.25) is 9.79 Å². The quantitative estimate of drug-likeness (QED) is 0.846. The molecule has 2 aliphatic carbocycles. The van der Waals surface area contributed by atoms with Crippen LogP contribution in [0.25, 0.3) is 0 Å². The van der Waals surface area contributed by atoms with E-state index in [0.717, 1.165) is 37.9 Å². The molecule has 0 radical (unpaired) electrons. The molecule has 0 bridgehead atoms. The molecule has 1 N–H and O–H groups in total. The van der Waals surface area contributed by atoms with Crippen molar-refractivity contribution in [2.75, 3.05) is 7.05 Å². The third kappa shape index (κ3) is 3.33. The second-order valence-corrected chi connectivity index (χ2v) is 6.99. The zero-order valence-electron chi connectivity index (χ0n) is 13.4. The lowest BCUT2D eigenvalue weighted by atomic mass is 9.83. The number of carbonyl (C=O) groups is 1. The van der Waals surface area contributed by atoms with Gasteiger partial charge in [-0.1, -0.05) is 25.7 Å². The van der Waals surface area contributed by atoms with Crippen LogP contribution in [0.15, 0.2) is 4.99 Å². The van der Waals surface area contributed by atoms with E-state index in [1.54, 1.807) is 0 Å². The Hall–Kier alpha value is -1.27. The summed E-state index contributed by atoms with van der Waals surface area (Å²) in [5, 5.41) is 2.22. The predicted molar refractivity (Wildman–Crippen MR) is 81.2 cm³/mol. The molecular formula is C16H24F3N3O. The number of aliphatic imine (C=N–C) groups is 1. The molecule has 0 aromatic carbocycles. The Morgan fingerprint density at radius 1 is 1.13 bits per heavy atom. The number of alkyl halides is 3. The van der Waals surface area contributed by atoms with Crippen molar-refractivity contribution in [2.45, 2.75) is 75.7 Å². The van der Waals surface area contributed by atoms with Crippen LogP contribution in [0.4, 0.5) is 13.2 Å². The summed E-state index contributed by atoms with van der Waals surface area (Å²) in [4.78, 5) is 18.4. The standard InChI is InChI=1S/C16H24F3N3O/c1-22-13-9-5-4-8-12(13)20-14(22)10-6-2-3-7-11(10)21-15(23)16(17,18)19/h10-13H,2-9H2,1H3,(H,21,23). The highest BCUT2D eigenvalue weighted by Crippen LogP contribution is 2.36. The molecule has 4 nitrogen and oxygen atoms in total. The van der Waals surface area contributed by atoms with Crippen molar-refractivity contribution >= 4 is 11.7 Å². The Bertz CT molecular complexity index is 491. The smallest absolute Gasteiger partial charge is 0.358 e. The van der Waals surface area contributed by atoms with Gasteiger partial charge < -0.3 is 10.2 Å².